The number of hydrogen-bond acceptors (Lipinski definition) is 2. The molecule has 0 unspecified atom stereocenters. The molecule has 0 aliphatic heterocycles. The van der Waals surface area contributed by atoms with E-state index in [1.165, 1.54) is 0 Å². The zero-order chi connectivity index (χ0) is 18.4. The SMILES string of the molecule is N#CC1(c2c(Cl)cccc2Cl)CCC1.N#CCc1c(Cl)cccc1Cl. The molecule has 25 heavy (non-hydrogen) atoms. The van der Waals surface area contributed by atoms with Crippen LogP contribution in [-0.4, -0.2) is 0 Å². The molecule has 128 valence electrons. The van der Waals surface area contributed by atoms with Crippen molar-refractivity contribution in [3.8, 4) is 12.1 Å². The number of nitriles is 2. The van der Waals surface area contributed by atoms with Crippen molar-refractivity contribution in [2.24, 2.45) is 0 Å². The lowest BCUT2D eigenvalue weighted by atomic mass is 9.65. The Morgan fingerprint density at radius 1 is 0.840 bits per heavy atom. The monoisotopic (exact) mass is 410 g/mol. The maximum Gasteiger partial charge on any atom is 0.0851 e. The van der Waals surface area contributed by atoms with Gasteiger partial charge in [0, 0.05) is 31.2 Å². The standard InChI is InChI=1S/C11H9Cl2N.C8H5Cl2N/c12-8-3-1-4-9(13)10(8)11(7-14)5-2-6-11;9-7-2-1-3-8(10)6(7)4-5-11/h1,3-4H,2,5-6H2;1-3H,4H2. The van der Waals surface area contributed by atoms with Gasteiger partial charge in [-0.2, -0.15) is 10.5 Å². The maximum absolute atomic E-state index is 9.17. The lowest BCUT2D eigenvalue weighted by Gasteiger charge is -2.36. The molecule has 1 fully saturated rings. The molecule has 2 nitrogen and oxygen atoms in total. The van der Waals surface area contributed by atoms with Crippen molar-refractivity contribution in [1.29, 1.82) is 10.5 Å². The number of halogens is 4. The molecule has 1 aliphatic rings. The van der Waals surface area contributed by atoms with Crippen LogP contribution in [0.2, 0.25) is 20.1 Å². The molecule has 2 aromatic rings. The van der Waals surface area contributed by atoms with Crippen LogP contribution >= 0.6 is 46.4 Å². The number of benzene rings is 2. The van der Waals surface area contributed by atoms with Gasteiger partial charge in [-0.1, -0.05) is 58.5 Å². The maximum atomic E-state index is 9.17. The van der Waals surface area contributed by atoms with E-state index >= 15 is 0 Å². The molecule has 0 spiro atoms. The molecular formula is C19H14Cl4N2. The van der Waals surface area contributed by atoms with Gasteiger partial charge >= 0.3 is 0 Å². The third kappa shape index (κ3) is 4.41. The van der Waals surface area contributed by atoms with Crippen molar-refractivity contribution in [2.75, 3.05) is 0 Å². The smallest absolute Gasteiger partial charge is 0.0851 e. The van der Waals surface area contributed by atoms with Crippen LogP contribution in [0.3, 0.4) is 0 Å². The van der Waals surface area contributed by atoms with Gasteiger partial charge in [0.15, 0.2) is 0 Å². The minimum Gasteiger partial charge on any atom is -0.198 e. The molecule has 0 amide bonds. The Morgan fingerprint density at radius 2 is 1.32 bits per heavy atom. The van der Waals surface area contributed by atoms with E-state index in [9.17, 15) is 5.26 Å². The highest BCUT2D eigenvalue weighted by molar-refractivity contribution is 6.36. The van der Waals surface area contributed by atoms with Gasteiger partial charge in [-0.05, 0) is 43.5 Å². The van der Waals surface area contributed by atoms with Crippen molar-refractivity contribution in [3.63, 3.8) is 0 Å². The third-order valence-corrected chi connectivity index (χ3v) is 5.52. The van der Waals surface area contributed by atoms with Gasteiger partial charge in [0.1, 0.15) is 0 Å². The first-order valence-electron chi connectivity index (χ1n) is 7.61. The minimum absolute atomic E-state index is 0.262. The molecule has 0 saturated heterocycles. The molecule has 3 rings (SSSR count). The highest BCUT2D eigenvalue weighted by Gasteiger charge is 2.41. The summed E-state index contributed by atoms with van der Waals surface area (Å²) in [5, 5.41) is 19.9. The van der Waals surface area contributed by atoms with Gasteiger partial charge in [0.05, 0.1) is 24.0 Å². The Labute approximate surface area is 167 Å². The molecule has 1 saturated carbocycles. The van der Waals surface area contributed by atoms with Crippen molar-refractivity contribution in [2.45, 2.75) is 31.1 Å². The van der Waals surface area contributed by atoms with Crippen molar-refractivity contribution in [3.05, 3.63) is 67.6 Å². The number of nitrogens with zero attached hydrogens (tertiary/aromatic N) is 2. The normalized spacial score (nSPS) is 14.3. The van der Waals surface area contributed by atoms with Crippen LogP contribution in [0, 0.1) is 22.7 Å². The van der Waals surface area contributed by atoms with E-state index in [1.54, 1.807) is 36.4 Å². The van der Waals surface area contributed by atoms with E-state index in [0.717, 1.165) is 24.8 Å². The Morgan fingerprint density at radius 3 is 1.68 bits per heavy atom. The highest BCUT2D eigenvalue weighted by Crippen LogP contribution is 2.48. The Balaban J connectivity index is 0.000000186. The predicted octanol–water partition coefficient (Wildman–Crippen LogP) is 7.00. The van der Waals surface area contributed by atoms with Gasteiger partial charge in [-0.15, -0.1) is 0 Å². The summed E-state index contributed by atoms with van der Waals surface area (Å²) in [6.45, 7) is 0. The molecule has 0 aromatic heterocycles. The first-order valence-corrected chi connectivity index (χ1v) is 9.12. The van der Waals surface area contributed by atoms with Gasteiger partial charge < -0.3 is 0 Å². The first kappa shape index (κ1) is 19.9. The van der Waals surface area contributed by atoms with Crippen LogP contribution in [0.4, 0.5) is 0 Å². The van der Waals surface area contributed by atoms with Gasteiger partial charge in [-0.25, -0.2) is 0 Å². The number of rotatable bonds is 2. The fourth-order valence-electron chi connectivity index (χ4n) is 2.68. The Hall–Kier alpha value is -1.42. The summed E-state index contributed by atoms with van der Waals surface area (Å²) < 4.78 is 0. The van der Waals surface area contributed by atoms with Crippen LogP contribution in [0.15, 0.2) is 36.4 Å². The summed E-state index contributed by atoms with van der Waals surface area (Å²) in [7, 11) is 0. The van der Waals surface area contributed by atoms with Crippen molar-refractivity contribution < 1.29 is 0 Å². The van der Waals surface area contributed by atoms with Crippen LogP contribution in [0.25, 0.3) is 0 Å². The second-order valence-electron chi connectivity index (χ2n) is 5.68. The summed E-state index contributed by atoms with van der Waals surface area (Å²) in [5.41, 5.74) is 1.10. The lowest BCUT2D eigenvalue weighted by Crippen LogP contribution is -2.32. The highest BCUT2D eigenvalue weighted by atomic mass is 35.5. The van der Waals surface area contributed by atoms with Crippen LogP contribution in [0.1, 0.15) is 30.4 Å². The van der Waals surface area contributed by atoms with E-state index in [0.29, 0.717) is 25.7 Å². The average molecular weight is 412 g/mol. The molecule has 0 heterocycles. The summed E-state index contributed by atoms with van der Waals surface area (Å²) in [5.74, 6) is 0. The summed E-state index contributed by atoms with van der Waals surface area (Å²) >= 11 is 23.7. The predicted molar refractivity (Wildman–Crippen MR) is 103 cm³/mol. The van der Waals surface area contributed by atoms with E-state index in [1.807, 2.05) is 6.07 Å². The molecule has 1 aliphatic carbocycles. The van der Waals surface area contributed by atoms with E-state index < -0.39 is 5.41 Å². The fraction of sp³-hybridized carbons (Fsp3) is 0.263. The molecular weight excluding hydrogens is 398 g/mol. The Kier molecular flexibility index (Phi) is 7.00. The zero-order valence-electron chi connectivity index (χ0n) is 13.2. The summed E-state index contributed by atoms with van der Waals surface area (Å²) in [6, 6.07) is 14.9. The second-order valence-corrected chi connectivity index (χ2v) is 7.31. The zero-order valence-corrected chi connectivity index (χ0v) is 16.2. The molecule has 2 aromatic carbocycles. The van der Waals surface area contributed by atoms with Gasteiger partial charge in [0.2, 0.25) is 0 Å². The first-order chi connectivity index (χ1) is 11.9. The summed E-state index contributed by atoms with van der Waals surface area (Å²) in [4.78, 5) is 0. The fourth-order valence-corrected chi connectivity index (χ4v) is 3.97. The quantitative estimate of drug-likeness (QED) is 0.533. The van der Waals surface area contributed by atoms with Gasteiger partial charge in [-0.3, -0.25) is 0 Å². The Bertz CT molecular complexity index is 805. The van der Waals surface area contributed by atoms with E-state index in [2.05, 4.69) is 6.07 Å². The third-order valence-electron chi connectivity index (χ3n) is 4.18. The molecule has 0 bridgehead atoms. The van der Waals surface area contributed by atoms with Crippen LogP contribution < -0.4 is 0 Å². The van der Waals surface area contributed by atoms with E-state index in [-0.39, 0.29) is 6.42 Å². The average Bonchev–Trinajstić information content (AvgIpc) is 2.54. The molecule has 6 heteroatoms. The molecule has 0 radical (unpaired) electrons. The lowest BCUT2D eigenvalue weighted by molar-refractivity contribution is 0.324. The van der Waals surface area contributed by atoms with Crippen LogP contribution in [0.5, 0.6) is 0 Å². The topological polar surface area (TPSA) is 47.6 Å². The minimum atomic E-state index is -0.421. The molecule has 0 N–H and O–H groups in total. The number of hydrogen-bond donors (Lipinski definition) is 0. The largest absolute Gasteiger partial charge is 0.198 e. The molecule has 0 atom stereocenters. The van der Waals surface area contributed by atoms with Crippen molar-refractivity contribution in [1.82, 2.24) is 0 Å². The van der Waals surface area contributed by atoms with Gasteiger partial charge in [0.25, 0.3) is 0 Å². The summed E-state index contributed by atoms with van der Waals surface area (Å²) in [6.07, 6.45) is 3.08. The van der Waals surface area contributed by atoms with Crippen molar-refractivity contribution >= 4 is 46.4 Å². The van der Waals surface area contributed by atoms with Crippen LogP contribution in [-0.2, 0) is 11.8 Å². The van der Waals surface area contributed by atoms with E-state index in [4.69, 9.17) is 51.7 Å². The second kappa shape index (κ2) is 8.79.